The average molecular weight is 427 g/mol. The topological polar surface area (TPSA) is 123 Å². The first-order valence-electron chi connectivity index (χ1n) is 8.63. The highest BCUT2D eigenvalue weighted by atomic mass is 35.5. The third-order valence-corrected chi connectivity index (χ3v) is 3.78. The zero-order chi connectivity index (χ0) is 21.1. The Morgan fingerprint density at radius 2 is 1.83 bits per heavy atom. The summed E-state index contributed by atoms with van der Waals surface area (Å²) in [5, 5.41) is 14.8. The molecule has 0 fully saturated rings. The van der Waals surface area contributed by atoms with Gasteiger partial charge in [0.2, 0.25) is 0 Å². The second kappa shape index (κ2) is 11.8. The number of nitrogens with one attached hydrogen (secondary N) is 2. The van der Waals surface area contributed by atoms with Gasteiger partial charge in [-0.05, 0) is 24.6 Å². The maximum absolute atomic E-state index is 13.3. The number of ether oxygens (including phenoxy) is 2. The molecule has 1 heterocycles. The molecular weight excluding hydrogens is 407 g/mol. The lowest BCUT2D eigenvalue weighted by atomic mass is 10.2. The van der Waals surface area contributed by atoms with Crippen LogP contribution in [0.3, 0.4) is 0 Å². The zero-order valence-corrected chi connectivity index (χ0v) is 16.1. The van der Waals surface area contributed by atoms with Gasteiger partial charge in [0.25, 0.3) is 11.8 Å². The van der Waals surface area contributed by atoms with E-state index in [0.717, 1.165) is 6.07 Å². The summed E-state index contributed by atoms with van der Waals surface area (Å²) in [4.78, 5) is 31.0. The summed E-state index contributed by atoms with van der Waals surface area (Å²) < 4.78 is 23.5. The van der Waals surface area contributed by atoms with Crippen LogP contribution in [0, 0.1) is 5.82 Å². The van der Waals surface area contributed by atoms with Gasteiger partial charge < -0.3 is 25.2 Å². The molecule has 0 saturated heterocycles. The van der Waals surface area contributed by atoms with E-state index in [1.54, 1.807) is 6.07 Å². The van der Waals surface area contributed by atoms with Crippen molar-refractivity contribution in [2.24, 2.45) is 0 Å². The largest absolute Gasteiger partial charge is 0.484 e. The Kier molecular flexibility index (Phi) is 9.06. The van der Waals surface area contributed by atoms with Gasteiger partial charge in [0.15, 0.2) is 13.2 Å². The van der Waals surface area contributed by atoms with Crippen molar-refractivity contribution in [3.05, 3.63) is 47.5 Å². The second-order valence-corrected chi connectivity index (χ2v) is 6.19. The molecule has 0 bridgehead atoms. The number of rotatable bonds is 11. The molecule has 1 aromatic carbocycles. The average Bonchev–Trinajstić information content (AvgIpc) is 2.72. The lowest BCUT2D eigenvalue weighted by Crippen LogP contribution is -2.37. The van der Waals surface area contributed by atoms with Gasteiger partial charge in [-0.2, -0.15) is 0 Å². The molecule has 11 heteroatoms. The van der Waals surface area contributed by atoms with Crippen LogP contribution in [0.1, 0.15) is 6.42 Å². The number of benzene rings is 1. The van der Waals surface area contributed by atoms with Crippen LogP contribution in [0.4, 0.5) is 4.39 Å². The highest BCUT2D eigenvalue weighted by molar-refractivity contribution is 6.30. The van der Waals surface area contributed by atoms with Crippen molar-refractivity contribution in [1.82, 2.24) is 20.6 Å². The molecule has 0 radical (unpaired) electrons. The first-order valence-corrected chi connectivity index (χ1v) is 9.01. The molecule has 1 aromatic heterocycles. The second-order valence-electron chi connectivity index (χ2n) is 5.78. The monoisotopic (exact) mass is 426 g/mol. The number of aliphatic hydroxyl groups is 1. The number of carbonyl (C=O) groups is 2. The van der Waals surface area contributed by atoms with Crippen molar-refractivity contribution < 1.29 is 28.6 Å². The fraction of sp³-hybridized carbons (Fsp3) is 0.333. The van der Waals surface area contributed by atoms with Crippen LogP contribution in [0.15, 0.2) is 36.7 Å². The van der Waals surface area contributed by atoms with Gasteiger partial charge in [-0.15, -0.1) is 0 Å². The van der Waals surface area contributed by atoms with Crippen LogP contribution in [0.25, 0.3) is 0 Å². The van der Waals surface area contributed by atoms with Gasteiger partial charge in [-0.1, -0.05) is 11.6 Å². The predicted molar refractivity (Wildman–Crippen MR) is 101 cm³/mol. The predicted octanol–water partition coefficient (Wildman–Crippen LogP) is 0.710. The van der Waals surface area contributed by atoms with Gasteiger partial charge in [0, 0.05) is 31.5 Å². The van der Waals surface area contributed by atoms with Gasteiger partial charge >= 0.3 is 6.01 Å². The molecule has 2 rings (SSSR count). The van der Waals surface area contributed by atoms with Crippen molar-refractivity contribution >= 4 is 23.4 Å². The third-order valence-electron chi connectivity index (χ3n) is 3.47. The molecule has 156 valence electrons. The molecule has 2 aromatic rings. The molecule has 2 amide bonds. The molecular formula is C18H20ClFN4O5. The van der Waals surface area contributed by atoms with E-state index >= 15 is 0 Å². The number of halogens is 2. The normalized spacial score (nSPS) is 11.4. The van der Waals surface area contributed by atoms with E-state index in [4.69, 9.17) is 21.1 Å². The molecule has 0 aliphatic carbocycles. The smallest absolute Gasteiger partial charge is 0.316 e. The molecule has 0 unspecified atom stereocenters. The summed E-state index contributed by atoms with van der Waals surface area (Å²) in [6.07, 6.45) is 2.32. The lowest BCUT2D eigenvalue weighted by molar-refractivity contribution is -0.124. The van der Waals surface area contributed by atoms with Crippen LogP contribution in [-0.4, -0.2) is 59.3 Å². The van der Waals surface area contributed by atoms with Crippen LogP contribution in [0.2, 0.25) is 5.02 Å². The maximum atomic E-state index is 13.3. The van der Waals surface area contributed by atoms with Crippen molar-refractivity contribution in [3.8, 4) is 11.8 Å². The minimum absolute atomic E-state index is 0.00569. The molecule has 29 heavy (non-hydrogen) atoms. The molecule has 0 spiro atoms. The van der Waals surface area contributed by atoms with E-state index in [9.17, 15) is 19.1 Å². The van der Waals surface area contributed by atoms with Crippen molar-refractivity contribution in [2.75, 3.05) is 26.3 Å². The number of nitrogens with zero attached hydrogens (tertiary/aromatic N) is 2. The van der Waals surface area contributed by atoms with Crippen LogP contribution < -0.4 is 20.1 Å². The minimum Gasteiger partial charge on any atom is -0.484 e. The van der Waals surface area contributed by atoms with Crippen LogP contribution in [-0.2, 0) is 9.59 Å². The van der Waals surface area contributed by atoms with Gasteiger partial charge in [-0.25, -0.2) is 14.4 Å². The minimum atomic E-state index is -0.862. The first kappa shape index (κ1) is 22.3. The Hall–Kier alpha value is -2.98. The molecule has 0 aliphatic heterocycles. The lowest BCUT2D eigenvalue weighted by Gasteiger charge is -2.13. The Balaban J connectivity index is 1.55. The van der Waals surface area contributed by atoms with Gasteiger partial charge in [-0.3, -0.25) is 9.59 Å². The van der Waals surface area contributed by atoms with Gasteiger partial charge in [0.1, 0.15) is 11.6 Å². The number of aromatic nitrogens is 2. The number of aliphatic hydroxyl groups excluding tert-OH is 1. The summed E-state index contributed by atoms with van der Waals surface area (Å²) in [5.41, 5.74) is 0. The summed E-state index contributed by atoms with van der Waals surface area (Å²) in [6, 6.07) is 5.54. The Morgan fingerprint density at radius 1 is 1.14 bits per heavy atom. The quantitative estimate of drug-likeness (QED) is 0.483. The standard InChI is InChI=1S/C18H20ClFN4O5/c19-14-3-2-13(8-15(14)20)28-10-16(26)21-7-4-12(25)9-24-17(27)11-29-18-22-5-1-6-23-18/h1-3,5-6,8,12,25H,4,7,9-11H2,(H,21,26)(H,24,27)/t12-/m0/s1. The molecule has 1 atom stereocenters. The van der Waals surface area contributed by atoms with E-state index in [-0.39, 0.29) is 49.5 Å². The summed E-state index contributed by atoms with van der Waals surface area (Å²) in [6.45, 7) is -0.431. The summed E-state index contributed by atoms with van der Waals surface area (Å²) >= 11 is 5.56. The fourth-order valence-corrected chi connectivity index (χ4v) is 2.14. The van der Waals surface area contributed by atoms with Crippen LogP contribution >= 0.6 is 11.6 Å². The highest BCUT2D eigenvalue weighted by Crippen LogP contribution is 2.20. The van der Waals surface area contributed by atoms with E-state index in [1.165, 1.54) is 24.5 Å². The van der Waals surface area contributed by atoms with Crippen molar-refractivity contribution in [1.29, 1.82) is 0 Å². The maximum Gasteiger partial charge on any atom is 0.316 e. The fourth-order valence-electron chi connectivity index (χ4n) is 2.02. The Bertz CT molecular complexity index is 812. The SMILES string of the molecule is O=C(COc1ccc(Cl)c(F)c1)NCC[C@H](O)CNC(=O)COc1ncccn1. The first-order chi connectivity index (χ1) is 13.9. The van der Waals surface area contributed by atoms with Crippen LogP contribution in [0.5, 0.6) is 11.8 Å². The summed E-state index contributed by atoms with van der Waals surface area (Å²) in [5.74, 6) is -1.35. The van der Waals surface area contributed by atoms with Crippen molar-refractivity contribution in [3.63, 3.8) is 0 Å². The number of carbonyl (C=O) groups excluding carboxylic acids is 2. The van der Waals surface area contributed by atoms with E-state index < -0.39 is 23.7 Å². The number of hydrogen-bond acceptors (Lipinski definition) is 7. The number of amides is 2. The Labute approximate surface area is 171 Å². The number of hydrogen-bond donors (Lipinski definition) is 3. The molecule has 0 saturated carbocycles. The molecule has 9 nitrogen and oxygen atoms in total. The van der Waals surface area contributed by atoms with Gasteiger partial charge in [0.05, 0.1) is 11.1 Å². The van der Waals surface area contributed by atoms with E-state index in [1.807, 2.05) is 0 Å². The van der Waals surface area contributed by atoms with E-state index in [2.05, 4.69) is 20.6 Å². The molecule has 0 aliphatic rings. The van der Waals surface area contributed by atoms with E-state index in [0.29, 0.717) is 0 Å². The highest BCUT2D eigenvalue weighted by Gasteiger charge is 2.10. The summed E-state index contributed by atoms with van der Waals surface area (Å²) in [7, 11) is 0. The van der Waals surface area contributed by atoms with Crippen molar-refractivity contribution in [2.45, 2.75) is 12.5 Å². The molecule has 3 N–H and O–H groups in total. The third kappa shape index (κ3) is 8.71. The zero-order valence-electron chi connectivity index (χ0n) is 15.3. The Morgan fingerprint density at radius 3 is 2.55 bits per heavy atom.